The molecule has 0 aromatic carbocycles. The number of carbonyl (C=O) groups is 6. The lowest BCUT2D eigenvalue weighted by Crippen LogP contribution is -2.49. The maximum absolute atomic E-state index is 13.1. The normalized spacial score (nSPS) is 15.9. The third kappa shape index (κ3) is 43.0. The molecular weight excluding hydrogens is 958 g/mol. The van der Waals surface area contributed by atoms with Crippen LogP contribution in [0, 0.1) is 0 Å². The van der Waals surface area contributed by atoms with E-state index in [4.69, 9.17) is 18.5 Å². The van der Waals surface area contributed by atoms with E-state index in [2.05, 4.69) is 19.2 Å². The minimum Gasteiger partial charge on any atom is -0.480 e. The Morgan fingerprint density at radius 3 is 1.29 bits per heavy atom. The van der Waals surface area contributed by atoms with Gasteiger partial charge in [-0.15, -0.1) is 0 Å². The van der Waals surface area contributed by atoms with E-state index in [0.29, 0.717) is 65.2 Å². The van der Waals surface area contributed by atoms with Gasteiger partial charge in [0.25, 0.3) is 0 Å². The van der Waals surface area contributed by atoms with Crippen LogP contribution in [0.4, 0.5) is 0 Å². The van der Waals surface area contributed by atoms with Crippen molar-refractivity contribution in [1.82, 2.24) is 24.9 Å². The number of hydrogen-bond donors (Lipinski definition) is 3. The molecule has 1 amide bonds. The molecule has 0 bridgehead atoms. The van der Waals surface area contributed by atoms with Crippen molar-refractivity contribution in [1.29, 1.82) is 0 Å². The van der Waals surface area contributed by atoms with Gasteiger partial charge in [-0.05, 0) is 12.8 Å². The molecule has 1 aliphatic heterocycles. The van der Waals surface area contributed by atoms with Crippen molar-refractivity contribution in [3.63, 3.8) is 0 Å². The van der Waals surface area contributed by atoms with E-state index in [-0.39, 0.29) is 58.8 Å². The molecule has 1 fully saturated rings. The van der Waals surface area contributed by atoms with E-state index in [1.807, 2.05) is 14.7 Å². The fourth-order valence-electron chi connectivity index (χ4n) is 8.86. The summed E-state index contributed by atoms with van der Waals surface area (Å²) in [5, 5.41) is 12.2. The number of esters is 2. The summed E-state index contributed by atoms with van der Waals surface area (Å²) in [7, 11) is -4.70. The van der Waals surface area contributed by atoms with Gasteiger partial charge in [-0.1, -0.05) is 174 Å². The highest BCUT2D eigenvalue weighted by atomic mass is 31.2. The molecule has 0 aromatic rings. The lowest BCUT2D eigenvalue weighted by atomic mass is 10.0. The van der Waals surface area contributed by atoms with Crippen molar-refractivity contribution in [2.45, 2.75) is 206 Å². The number of nitrogens with one attached hydrogen (secondary N) is 1. The highest BCUT2D eigenvalue weighted by Gasteiger charge is 2.27. The number of rotatable bonds is 47. The molecule has 0 saturated carbocycles. The summed E-state index contributed by atoms with van der Waals surface area (Å²) in [4.78, 5) is 91.0. The van der Waals surface area contributed by atoms with Crippen LogP contribution in [-0.2, 0) is 51.9 Å². The number of phosphoric ester groups is 1. The van der Waals surface area contributed by atoms with E-state index in [9.17, 15) is 43.3 Å². The predicted molar refractivity (Wildman–Crippen MR) is 286 cm³/mol. The van der Waals surface area contributed by atoms with Crippen molar-refractivity contribution < 1.29 is 61.9 Å². The number of carbonyl (C=O) groups excluding carboxylic acids is 5. The molecular formula is C54H102N5O13P. The van der Waals surface area contributed by atoms with Gasteiger partial charge in [0.15, 0.2) is 6.10 Å². The van der Waals surface area contributed by atoms with Gasteiger partial charge in [0.2, 0.25) is 5.91 Å². The second kappa shape index (κ2) is 47.6. The van der Waals surface area contributed by atoms with Crippen molar-refractivity contribution in [3.8, 4) is 0 Å². The molecule has 18 nitrogen and oxygen atoms in total. The summed E-state index contributed by atoms with van der Waals surface area (Å²) < 4.78 is 34.4. The van der Waals surface area contributed by atoms with E-state index < -0.39 is 44.3 Å². The highest BCUT2D eigenvalue weighted by Crippen LogP contribution is 2.43. The second-order valence-corrected chi connectivity index (χ2v) is 21.4. The lowest BCUT2D eigenvalue weighted by Gasteiger charge is -2.32. The van der Waals surface area contributed by atoms with Crippen molar-refractivity contribution in [2.24, 2.45) is 0 Å². The zero-order valence-electron chi connectivity index (χ0n) is 45.7. The van der Waals surface area contributed by atoms with Gasteiger partial charge < -0.3 is 34.4 Å². The van der Waals surface area contributed by atoms with Crippen LogP contribution in [0.3, 0.4) is 0 Å². The van der Waals surface area contributed by atoms with E-state index in [0.717, 1.165) is 51.1 Å². The summed E-state index contributed by atoms with van der Waals surface area (Å²) in [6.07, 6.45) is 32.8. The first-order chi connectivity index (χ1) is 35.4. The first kappa shape index (κ1) is 68.2. The quantitative estimate of drug-likeness (QED) is 0.0224. The number of carboxylic acids is 1. The molecule has 1 rings (SSSR count). The largest absolute Gasteiger partial charge is 0.480 e. The van der Waals surface area contributed by atoms with Crippen molar-refractivity contribution >= 4 is 44.2 Å². The van der Waals surface area contributed by atoms with Crippen LogP contribution in [0.1, 0.15) is 200 Å². The van der Waals surface area contributed by atoms with Gasteiger partial charge in [0.05, 0.1) is 39.4 Å². The summed E-state index contributed by atoms with van der Waals surface area (Å²) in [5.74, 6) is -2.35. The molecule has 426 valence electrons. The fraction of sp³-hybridized carbons (Fsp3) is 0.889. The van der Waals surface area contributed by atoms with Crippen LogP contribution >= 0.6 is 7.82 Å². The average molecular weight is 1060 g/mol. The first-order valence-corrected chi connectivity index (χ1v) is 30.1. The number of carboxylic acid groups (broad SMARTS) is 1. The first-order valence-electron chi connectivity index (χ1n) is 28.6. The monoisotopic (exact) mass is 1060 g/mol. The Morgan fingerprint density at radius 1 is 0.521 bits per heavy atom. The molecule has 1 heterocycles. The zero-order chi connectivity index (χ0) is 53.5. The van der Waals surface area contributed by atoms with Gasteiger partial charge >= 0.3 is 25.7 Å². The topological polar surface area (TPSA) is 222 Å². The Bertz CT molecular complexity index is 1470. The number of nitrogens with zero attached hydrogens (tertiary/aromatic N) is 4. The standard InChI is InChI=1S/C54H102N5O13P/c1-3-5-7-9-11-13-15-17-19-21-23-25-27-29-31-54(66)72-50(48-69-53(65)30-28-26-24-22-20-18-16-14-12-10-8-6-4-2)49-71-73(67,68)70-45-32-55-51(62)46-58-37-35-56(41-43-60)33-34-57(42-44-61)36-38-59(40-39-58)47-52(63)64/h43-44,50H,3-42,45-49H2,1-2H3,(H,55,62)(H,63,64)(H,67,68)/t50-/m0/s1. The maximum Gasteiger partial charge on any atom is 0.472 e. The van der Waals surface area contributed by atoms with E-state index in [1.54, 1.807) is 4.90 Å². The molecule has 0 spiro atoms. The van der Waals surface area contributed by atoms with E-state index in [1.165, 1.54) is 122 Å². The number of aliphatic carboxylic acids is 1. The number of unbranched alkanes of at least 4 members (excludes halogenated alkanes) is 25. The van der Waals surface area contributed by atoms with E-state index >= 15 is 0 Å². The molecule has 1 aliphatic rings. The zero-order valence-corrected chi connectivity index (χ0v) is 46.6. The Labute approximate surface area is 440 Å². The van der Waals surface area contributed by atoms with Gasteiger partial charge in [0, 0.05) is 71.7 Å². The molecule has 0 radical (unpaired) electrons. The van der Waals surface area contributed by atoms with Crippen LogP contribution in [-0.4, -0.2) is 177 Å². The van der Waals surface area contributed by atoms with Crippen molar-refractivity contribution in [3.05, 3.63) is 0 Å². The molecule has 19 heteroatoms. The van der Waals surface area contributed by atoms with Crippen LogP contribution in [0.15, 0.2) is 0 Å². The number of amides is 1. The Balaban J connectivity index is 2.64. The highest BCUT2D eigenvalue weighted by molar-refractivity contribution is 7.47. The minimum atomic E-state index is -4.70. The predicted octanol–water partition coefficient (Wildman–Crippen LogP) is 8.75. The number of aldehydes is 2. The Kier molecular flexibility index (Phi) is 44.5. The van der Waals surface area contributed by atoms with Gasteiger partial charge in [-0.25, -0.2) is 4.57 Å². The Hall–Kier alpha value is -2.83. The average Bonchev–Trinajstić information content (AvgIpc) is 3.35. The third-order valence-corrected chi connectivity index (χ3v) is 14.4. The molecule has 0 aromatic heterocycles. The second-order valence-electron chi connectivity index (χ2n) is 20.0. The van der Waals surface area contributed by atoms with Gasteiger partial charge in [-0.3, -0.25) is 47.8 Å². The minimum absolute atomic E-state index is 0.0646. The van der Waals surface area contributed by atoms with Gasteiger partial charge in [-0.2, -0.15) is 0 Å². The number of phosphoric acid groups is 1. The number of hydrogen-bond acceptors (Lipinski definition) is 15. The number of ether oxygens (including phenoxy) is 2. The summed E-state index contributed by atoms with van der Waals surface area (Å²) in [5.41, 5.74) is 0. The molecule has 1 saturated heterocycles. The lowest BCUT2D eigenvalue weighted by molar-refractivity contribution is -0.161. The van der Waals surface area contributed by atoms with Crippen LogP contribution in [0.5, 0.6) is 0 Å². The third-order valence-electron chi connectivity index (χ3n) is 13.4. The summed E-state index contributed by atoms with van der Waals surface area (Å²) in [6.45, 7) is 6.54. The Morgan fingerprint density at radius 2 is 0.890 bits per heavy atom. The fourth-order valence-corrected chi connectivity index (χ4v) is 9.61. The smallest absolute Gasteiger partial charge is 0.472 e. The molecule has 3 N–H and O–H groups in total. The van der Waals surface area contributed by atoms with Crippen molar-refractivity contribution in [2.75, 3.05) is 105 Å². The van der Waals surface area contributed by atoms with Gasteiger partial charge in [0.1, 0.15) is 19.2 Å². The SMILES string of the molecule is CCCCCCCCCCCCCCCCC(=O)O[C@@H](COC(=O)CCCCCCCCCCCCCCC)COP(=O)(O)OCCNC(=O)CN1CCN(CC=O)CCN(CC=O)CCN(CC(=O)O)CC1. The van der Waals surface area contributed by atoms with Crippen LogP contribution in [0.25, 0.3) is 0 Å². The summed E-state index contributed by atoms with van der Waals surface area (Å²) >= 11 is 0. The van der Waals surface area contributed by atoms with Crippen LogP contribution < -0.4 is 5.32 Å². The molecule has 1 unspecified atom stereocenters. The maximum atomic E-state index is 13.1. The molecule has 0 aliphatic carbocycles. The molecule has 73 heavy (non-hydrogen) atoms. The van der Waals surface area contributed by atoms with Crippen LogP contribution in [0.2, 0.25) is 0 Å². The molecule has 2 atom stereocenters. The summed E-state index contributed by atoms with van der Waals surface area (Å²) in [6, 6.07) is 0.